The molecule has 33 heavy (non-hydrogen) atoms. The van der Waals surface area contributed by atoms with Gasteiger partial charge in [0, 0.05) is 19.0 Å². The van der Waals surface area contributed by atoms with E-state index in [2.05, 4.69) is 15.6 Å². The van der Waals surface area contributed by atoms with E-state index in [-0.39, 0.29) is 36.2 Å². The van der Waals surface area contributed by atoms with E-state index < -0.39 is 48.2 Å². The van der Waals surface area contributed by atoms with Crippen molar-refractivity contribution in [2.45, 2.75) is 38.7 Å². The zero-order valence-corrected chi connectivity index (χ0v) is 18.1. The summed E-state index contributed by atoms with van der Waals surface area (Å²) in [5.74, 6) is -2.05. The van der Waals surface area contributed by atoms with E-state index in [4.69, 9.17) is 0 Å². The normalized spacial score (nSPS) is 21.8. The van der Waals surface area contributed by atoms with Crippen molar-refractivity contribution in [3.05, 3.63) is 57.3 Å². The average molecular weight is 462 g/mol. The van der Waals surface area contributed by atoms with E-state index in [1.54, 1.807) is 12.1 Å². The first-order valence-electron chi connectivity index (χ1n) is 10.9. The summed E-state index contributed by atoms with van der Waals surface area (Å²) in [5.41, 5.74) is -0.0455. The van der Waals surface area contributed by atoms with Crippen molar-refractivity contribution in [3.8, 4) is 5.75 Å². The molecule has 1 aromatic heterocycles. The minimum atomic E-state index is -2.01. The highest BCUT2D eigenvalue weighted by atomic mass is 19.2. The topological polar surface area (TPSA) is 95.7 Å². The maximum atomic E-state index is 14.6. The maximum absolute atomic E-state index is 14.6. The Balaban J connectivity index is 1.84. The lowest BCUT2D eigenvalue weighted by atomic mass is 9.87. The highest BCUT2D eigenvalue weighted by molar-refractivity contribution is 6.10. The van der Waals surface area contributed by atoms with E-state index in [0.717, 1.165) is 10.1 Å². The fraction of sp³-hybridized carbons (Fsp3) is 0.435. The van der Waals surface area contributed by atoms with Gasteiger partial charge in [0.1, 0.15) is 17.1 Å². The van der Waals surface area contributed by atoms with Crippen molar-refractivity contribution in [1.29, 1.82) is 0 Å². The van der Waals surface area contributed by atoms with Gasteiger partial charge in [-0.25, -0.2) is 13.2 Å². The van der Waals surface area contributed by atoms with Crippen LogP contribution in [0.3, 0.4) is 0 Å². The molecule has 2 aliphatic heterocycles. The molecule has 3 N–H and O–H groups in total. The number of hydrogen-bond donors (Lipinski definition) is 3. The minimum absolute atomic E-state index is 0.0925. The summed E-state index contributed by atoms with van der Waals surface area (Å²) in [6.45, 7) is 1.34. The number of anilines is 1. The monoisotopic (exact) mass is 462 g/mol. The molecule has 1 amide bonds. The highest BCUT2D eigenvalue weighted by Crippen LogP contribution is 2.36. The van der Waals surface area contributed by atoms with Crippen LogP contribution in [0.2, 0.25) is 0 Å². The summed E-state index contributed by atoms with van der Waals surface area (Å²) in [6.07, 6.45) is -2.92. The number of nitrogens with one attached hydrogen (secondary N) is 2. The third-order valence-electron chi connectivity index (χ3n) is 5.94. The molecule has 4 rings (SSSR count). The fourth-order valence-electron chi connectivity index (χ4n) is 4.23. The summed E-state index contributed by atoms with van der Waals surface area (Å²) < 4.78 is 43.2. The van der Waals surface area contributed by atoms with Gasteiger partial charge in [0.25, 0.3) is 11.5 Å². The number of rotatable bonds is 5. The van der Waals surface area contributed by atoms with E-state index in [1.165, 1.54) is 12.1 Å². The summed E-state index contributed by atoms with van der Waals surface area (Å²) in [7, 11) is 0. The molecule has 1 aromatic carbocycles. The lowest BCUT2D eigenvalue weighted by Crippen LogP contribution is -2.45. The van der Waals surface area contributed by atoms with Gasteiger partial charge in [-0.3, -0.25) is 14.6 Å². The van der Waals surface area contributed by atoms with Gasteiger partial charge in [0.05, 0.1) is 24.5 Å². The molecule has 3 heterocycles. The Morgan fingerprint density at radius 2 is 2.00 bits per heavy atom. The largest absolute Gasteiger partial charge is 0.505 e. The van der Waals surface area contributed by atoms with Crippen molar-refractivity contribution >= 4 is 17.3 Å². The molecule has 3 unspecified atom stereocenters. The lowest BCUT2D eigenvalue weighted by molar-refractivity contribution is 0.0947. The second-order valence-electron chi connectivity index (χ2n) is 8.29. The zero-order valence-electron chi connectivity index (χ0n) is 18.1. The van der Waals surface area contributed by atoms with Gasteiger partial charge in [0.15, 0.2) is 18.1 Å². The Morgan fingerprint density at radius 1 is 1.27 bits per heavy atom. The Bertz CT molecular complexity index is 1150. The number of carbonyl (C=O) groups excluding carboxylic acids is 1. The van der Waals surface area contributed by atoms with Crippen LogP contribution in [0.5, 0.6) is 5.75 Å². The Kier molecular flexibility index (Phi) is 6.44. The zero-order chi connectivity index (χ0) is 23.7. The molecule has 10 heteroatoms. The van der Waals surface area contributed by atoms with Crippen molar-refractivity contribution in [2.75, 3.05) is 25.0 Å². The number of pyridine rings is 1. The summed E-state index contributed by atoms with van der Waals surface area (Å²) in [6, 6.07) is 5.90. The second kappa shape index (κ2) is 9.29. The number of amides is 1. The molecule has 0 aliphatic carbocycles. The van der Waals surface area contributed by atoms with Gasteiger partial charge in [0.2, 0.25) is 0 Å². The van der Waals surface area contributed by atoms with Crippen LogP contribution < -0.4 is 16.2 Å². The third kappa shape index (κ3) is 4.34. The number of aromatic nitrogens is 1. The fourth-order valence-corrected chi connectivity index (χ4v) is 4.23. The van der Waals surface area contributed by atoms with Crippen molar-refractivity contribution in [3.63, 3.8) is 0 Å². The number of alkyl halides is 2. The summed E-state index contributed by atoms with van der Waals surface area (Å²) >= 11 is 0. The van der Waals surface area contributed by atoms with Gasteiger partial charge in [-0.15, -0.1) is 0 Å². The first kappa shape index (κ1) is 22.9. The van der Waals surface area contributed by atoms with Crippen molar-refractivity contribution < 1.29 is 23.1 Å². The summed E-state index contributed by atoms with van der Waals surface area (Å²) in [4.78, 5) is 30.1. The average Bonchev–Trinajstić information content (AvgIpc) is 2.79. The van der Waals surface area contributed by atoms with Gasteiger partial charge in [-0.2, -0.15) is 0 Å². The third-order valence-corrected chi connectivity index (χ3v) is 5.94. The van der Waals surface area contributed by atoms with E-state index in [9.17, 15) is 27.9 Å². The molecule has 0 fully saturated rings. The molecule has 176 valence electrons. The van der Waals surface area contributed by atoms with Crippen LogP contribution in [0, 0.1) is 11.7 Å². The molecule has 7 nitrogen and oxygen atoms in total. The molecular formula is C23H25F3N4O3. The molecule has 3 atom stereocenters. The summed E-state index contributed by atoms with van der Waals surface area (Å²) in [5, 5.41) is 16.4. The molecule has 0 saturated heterocycles. The predicted molar refractivity (Wildman–Crippen MR) is 118 cm³/mol. The van der Waals surface area contributed by atoms with Gasteiger partial charge >= 0.3 is 0 Å². The van der Waals surface area contributed by atoms with Crippen LogP contribution in [0.25, 0.3) is 0 Å². The molecule has 0 radical (unpaired) electrons. The molecule has 0 saturated carbocycles. The molecule has 2 aliphatic rings. The van der Waals surface area contributed by atoms with Gasteiger partial charge in [-0.05, 0) is 30.5 Å². The number of aliphatic imine (C=N–C) groups is 1. The predicted octanol–water partition coefficient (Wildman–Crippen LogP) is 2.60. The lowest BCUT2D eigenvalue weighted by Gasteiger charge is -2.33. The Hall–Kier alpha value is -3.30. The molecule has 0 bridgehead atoms. The van der Waals surface area contributed by atoms with Crippen molar-refractivity contribution in [1.82, 2.24) is 9.88 Å². The number of aromatic hydroxyl groups is 1. The Morgan fingerprint density at radius 3 is 2.70 bits per heavy atom. The molecule has 0 spiro atoms. The number of nitrogens with zero attached hydrogens (tertiary/aromatic N) is 2. The van der Waals surface area contributed by atoms with Gasteiger partial charge < -0.3 is 20.3 Å². The number of halogens is 3. The minimum Gasteiger partial charge on any atom is -0.505 e. The van der Waals surface area contributed by atoms with E-state index in [1.807, 2.05) is 6.92 Å². The SMILES string of the molecule is CCCNC(=O)c1c(O)c2c3n(c1=O)CC(F)C(F)CN=C3C(Cc1ccc(F)cc1)CN2. The van der Waals surface area contributed by atoms with Crippen LogP contribution >= 0.6 is 0 Å². The first-order valence-corrected chi connectivity index (χ1v) is 10.9. The quantitative estimate of drug-likeness (QED) is 0.637. The number of carbonyl (C=O) groups is 1. The standard InChI is InChI=1S/C23H25F3N4O3/c1-2-7-27-22(32)17-21(31)19-20-18(29-10-15(25)16(26)11-30(20)23(17)33)13(9-28-19)8-12-3-5-14(24)6-4-12/h3-6,13,15-16,28,31H,2,7-11H2,1H3,(H,27,32). The second-order valence-corrected chi connectivity index (χ2v) is 8.29. The van der Waals surface area contributed by atoms with Crippen molar-refractivity contribution in [2.24, 2.45) is 10.9 Å². The van der Waals surface area contributed by atoms with E-state index in [0.29, 0.717) is 18.6 Å². The smallest absolute Gasteiger partial charge is 0.267 e. The Labute approximate surface area is 188 Å². The van der Waals surface area contributed by atoms with Crippen LogP contribution in [0.4, 0.5) is 18.9 Å². The van der Waals surface area contributed by atoms with Crippen LogP contribution in [-0.2, 0) is 13.0 Å². The van der Waals surface area contributed by atoms with Gasteiger partial charge in [-0.1, -0.05) is 19.1 Å². The first-order chi connectivity index (χ1) is 15.8. The van der Waals surface area contributed by atoms with E-state index >= 15 is 0 Å². The number of hydrogen-bond acceptors (Lipinski definition) is 5. The molecular weight excluding hydrogens is 437 g/mol. The van der Waals surface area contributed by atoms with Crippen LogP contribution in [0.15, 0.2) is 34.1 Å². The number of benzene rings is 1. The van der Waals surface area contributed by atoms with Crippen LogP contribution in [0.1, 0.15) is 35.0 Å². The highest BCUT2D eigenvalue weighted by Gasteiger charge is 2.37. The van der Waals surface area contributed by atoms with Crippen LogP contribution in [-0.4, -0.2) is 53.3 Å². The maximum Gasteiger partial charge on any atom is 0.267 e. The molecule has 2 aromatic rings.